The molecule has 1 unspecified atom stereocenters. The molecule has 0 amide bonds. The summed E-state index contributed by atoms with van der Waals surface area (Å²) in [5.41, 5.74) is 9.88. The van der Waals surface area contributed by atoms with Crippen molar-refractivity contribution in [3.63, 3.8) is 0 Å². The zero-order valence-corrected chi connectivity index (χ0v) is 18.1. The van der Waals surface area contributed by atoms with Gasteiger partial charge in [0.1, 0.15) is 11.9 Å². The van der Waals surface area contributed by atoms with Gasteiger partial charge in [0.15, 0.2) is 6.29 Å². The number of benzene rings is 1. The molecule has 164 valence electrons. The number of nitrogens with two attached hydrogens (primary N) is 1. The lowest BCUT2D eigenvalue weighted by molar-refractivity contribution is -0.115. The molecule has 0 spiro atoms. The molecular formula is C23H27N3O5. The monoisotopic (exact) mass is 425 g/mol. The number of ether oxygens (including phenoxy) is 2. The number of hydrogen-bond acceptors (Lipinski definition) is 7. The highest BCUT2D eigenvalue weighted by Gasteiger charge is 2.29. The van der Waals surface area contributed by atoms with E-state index in [-0.39, 0.29) is 29.8 Å². The summed E-state index contributed by atoms with van der Waals surface area (Å²) in [4.78, 5) is 29.1. The Morgan fingerprint density at radius 1 is 1.26 bits per heavy atom. The molecule has 8 nitrogen and oxygen atoms in total. The number of carbonyl (C=O) groups excluding carboxylic acids is 1. The van der Waals surface area contributed by atoms with Gasteiger partial charge in [-0.2, -0.15) is 0 Å². The topological polar surface area (TPSA) is 117 Å². The Bertz CT molecular complexity index is 1190. The van der Waals surface area contributed by atoms with Gasteiger partial charge in [-0.05, 0) is 29.8 Å². The first-order chi connectivity index (χ1) is 15.0. The molecule has 1 atom stereocenters. The molecule has 0 fully saturated rings. The number of nitrogens with zero attached hydrogens (tertiary/aromatic N) is 2. The van der Waals surface area contributed by atoms with Crippen LogP contribution in [0.5, 0.6) is 5.75 Å². The fraction of sp³-hybridized carbons (Fsp3) is 0.348. The van der Waals surface area contributed by atoms with Crippen LogP contribution in [0.15, 0.2) is 29.1 Å². The molecule has 2 aromatic heterocycles. The first-order valence-electron chi connectivity index (χ1n) is 10.1. The van der Waals surface area contributed by atoms with Crippen molar-refractivity contribution in [3.8, 4) is 17.1 Å². The number of aromatic nitrogens is 2. The highest BCUT2D eigenvalue weighted by atomic mass is 16.5. The normalized spacial score (nSPS) is 12.6. The molecule has 0 aliphatic carbocycles. The standard InChI is InChI=1S/C21H21N3O5.C2H6/c1-28-10-16-13(19(26)9-25)6-18-20-15(8-24(18)21(16)27)14(7-22)12-5-11(29-2)3-4-17(12)23-20;1-2/h3-6,9,19,26H,7-8,10,22H2,1-2H3;1-2H3. The summed E-state index contributed by atoms with van der Waals surface area (Å²) in [6, 6.07) is 7.18. The molecule has 8 heteroatoms. The van der Waals surface area contributed by atoms with Crippen LogP contribution < -0.4 is 16.0 Å². The van der Waals surface area contributed by atoms with E-state index >= 15 is 0 Å². The molecule has 0 saturated heterocycles. The molecule has 1 aromatic carbocycles. The fourth-order valence-corrected chi connectivity index (χ4v) is 3.94. The Morgan fingerprint density at radius 3 is 2.61 bits per heavy atom. The average molecular weight is 425 g/mol. The maximum Gasteiger partial charge on any atom is 0.257 e. The number of rotatable bonds is 6. The predicted molar refractivity (Wildman–Crippen MR) is 118 cm³/mol. The van der Waals surface area contributed by atoms with Crippen molar-refractivity contribution < 1.29 is 19.4 Å². The molecule has 0 bridgehead atoms. The number of carbonyl (C=O) groups is 1. The van der Waals surface area contributed by atoms with Gasteiger partial charge in [0.2, 0.25) is 0 Å². The first-order valence-corrected chi connectivity index (χ1v) is 10.1. The summed E-state index contributed by atoms with van der Waals surface area (Å²) in [7, 11) is 3.05. The smallest absolute Gasteiger partial charge is 0.257 e. The third-order valence-corrected chi connectivity index (χ3v) is 5.35. The van der Waals surface area contributed by atoms with Gasteiger partial charge in [-0.3, -0.25) is 4.79 Å². The lowest BCUT2D eigenvalue weighted by atomic mass is 9.99. The van der Waals surface area contributed by atoms with E-state index in [4.69, 9.17) is 20.2 Å². The van der Waals surface area contributed by atoms with Crippen molar-refractivity contribution in [1.82, 2.24) is 9.55 Å². The van der Waals surface area contributed by atoms with Gasteiger partial charge >= 0.3 is 0 Å². The Hall–Kier alpha value is -3.07. The minimum atomic E-state index is -1.42. The van der Waals surface area contributed by atoms with Gasteiger partial charge in [-0.25, -0.2) is 4.98 Å². The molecular weight excluding hydrogens is 398 g/mol. The lowest BCUT2D eigenvalue weighted by Gasteiger charge is -2.14. The van der Waals surface area contributed by atoms with Gasteiger partial charge in [0.05, 0.1) is 37.2 Å². The van der Waals surface area contributed by atoms with Gasteiger partial charge in [0, 0.05) is 35.7 Å². The molecule has 0 radical (unpaired) electrons. The van der Waals surface area contributed by atoms with Crippen LogP contribution in [0.2, 0.25) is 0 Å². The van der Waals surface area contributed by atoms with E-state index in [0.29, 0.717) is 30.0 Å². The number of pyridine rings is 2. The minimum absolute atomic E-state index is 0.00790. The second-order valence-electron chi connectivity index (χ2n) is 6.87. The van der Waals surface area contributed by atoms with E-state index in [0.717, 1.165) is 22.0 Å². The zero-order valence-electron chi connectivity index (χ0n) is 18.1. The van der Waals surface area contributed by atoms with Crippen molar-refractivity contribution in [1.29, 1.82) is 0 Å². The minimum Gasteiger partial charge on any atom is -0.497 e. The molecule has 31 heavy (non-hydrogen) atoms. The number of aldehydes is 1. The van der Waals surface area contributed by atoms with Gasteiger partial charge in [0.25, 0.3) is 5.56 Å². The van der Waals surface area contributed by atoms with E-state index in [2.05, 4.69) is 0 Å². The molecule has 3 aromatic rings. The van der Waals surface area contributed by atoms with Crippen LogP contribution in [0, 0.1) is 0 Å². The van der Waals surface area contributed by atoms with Crippen LogP contribution in [-0.2, 0) is 29.2 Å². The Morgan fingerprint density at radius 2 is 2.00 bits per heavy atom. The van der Waals surface area contributed by atoms with Crippen molar-refractivity contribution in [3.05, 3.63) is 56.9 Å². The maximum atomic E-state index is 13.1. The van der Waals surface area contributed by atoms with E-state index < -0.39 is 6.10 Å². The summed E-state index contributed by atoms with van der Waals surface area (Å²) in [5.74, 6) is 0.695. The van der Waals surface area contributed by atoms with E-state index in [1.807, 2.05) is 32.0 Å². The Labute approximate surface area is 180 Å². The SMILES string of the molecule is CC.COCc1c(C(O)C=O)cc2n(c1=O)Cc1c-2nc2ccc(OC)cc2c1CN. The summed E-state index contributed by atoms with van der Waals surface area (Å²) >= 11 is 0. The first kappa shape index (κ1) is 22.6. The second-order valence-corrected chi connectivity index (χ2v) is 6.87. The fourth-order valence-electron chi connectivity index (χ4n) is 3.94. The summed E-state index contributed by atoms with van der Waals surface area (Å²) in [6.07, 6.45) is -1.02. The Kier molecular flexibility index (Phi) is 6.84. The molecule has 4 rings (SSSR count). The van der Waals surface area contributed by atoms with Gasteiger partial charge < -0.3 is 29.7 Å². The number of hydrogen-bond donors (Lipinski definition) is 2. The largest absolute Gasteiger partial charge is 0.497 e. The van der Waals surface area contributed by atoms with Crippen molar-refractivity contribution in [2.24, 2.45) is 5.73 Å². The molecule has 3 N–H and O–H groups in total. The Balaban J connectivity index is 0.00000132. The van der Waals surface area contributed by atoms with Gasteiger partial charge in [-0.15, -0.1) is 0 Å². The second kappa shape index (κ2) is 9.38. The van der Waals surface area contributed by atoms with Crippen LogP contribution in [0.25, 0.3) is 22.3 Å². The molecule has 1 aliphatic rings. The number of aliphatic hydroxyl groups is 1. The predicted octanol–water partition coefficient (Wildman–Crippen LogP) is 2.30. The molecule has 1 aliphatic heterocycles. The molecule has 0 saturated carbocycles. The van der Waals surface area contributed by atoms with E-state index in [9.17, 15) is 14.7 Å². The number of methoxy groups -OCH3 is 2. The quantitative estimate of drug-likeness (QED) is 0.455. The van der Waals surface area contributed by atoms with Crippen LogP contribution in [0.1, 0.15) is 42.2 Å². The van der Waals surface area contributed by atoms with Crippen LogP contribution in [-0.4, -0.2) is 35.2 Å². The highest BCUT2D eigenvalue weighted by Crippen LogP contribution is 2.37. The third kappa shape index (κ3) is 3.74. The van der Waals surface area contributed by atoms with Gasteiger partial charge in [-0.1, -0.05) is 13.8 Å². The summed E-state index contributed by atoms with van der Waals surface area (Å²) in [5, 5.41) is 11.0. The van der Waals surface area contributed by atoms with E-state index in [1.165, 1.54) is 7.11 Å². The van der Waals surface area contributed by atoms with E-state index in [1.54, 1.807) is 17.7 Å². The summed E-state index contributed by atoms with van der Waals surface area (Å²) < 4.78 is 12.0. The van der Waals surface area contributed by atoms with Crippen molar-refractivity contribution in [2.45, 2.75) is 39.6 Å². The zero-order chi connectivity index (χ0) is 22.7. The molecule has 3 heterocycles. The average Bonchev–Trinajstić information content (AvgIpc) is 3.18. The lowest BCUT2D eigenvalue weighted by Crippen LogP contribution is -2.26. The number of fused-ring (bicyclic) bond motifs is 4. The third-order valence-electron chi connectivity index (χ3n) is 5.35. The highest BCUT2D eigenvalue weighted by molar-refractivity contribution is 5.89. The van der Waals surface area contributed by atoms with Crippen LogP contribution in [0.3, 0.4) is 0 Å². The maximum absolute atomic E-state index is 13.1. The van der Waals surface area contributed by atoms with Crippen molar-refractivity contribution >= 4 is 17.2 Å². The van der Waals surface area contributed by atoms with Crippen molar-refractivity contribution in [2.75, 3.05) is 14.2 Å². The number of aliphatic hydroxyl groups excluding tert-OH is 1. The summed E-state index contributed by atoms with van der Waals surface area (Å²) in [6.45, 7) is 4.57. The van der Waals surface area contributed by atoms with Crippen LogP contribution in [0.4, 0.5) is 0 Å². The van der Waals surface area contributed by atoms with Crippen LogP contribution >= 0.6 is 0 Å².